The van der Waals surface area contributed by atoms with Gasteiger partial charge in [-0.15, -0.1) is 0 Å². The SMILES string of the molecule is CCCCC(=O)N1CCN(C(=O)C(NC(=O)Nc2ccccc2C(F)(F)F)C(C)C)CC1C. The first-order valence-corrected chi connectivity index (χ1v) is 11.3. The molecule has 1 aliphatic heterocycles. The average molecular weight is 471 g/mol. The van der Waals surface area contributed by atoms with E-state index in [4.69, 9.17) is 0 Å². The van der Waals surface area contributed by atoms with Crippen molar-refractivity contribution in [1.29, 1.82) is 0 Å². The standard InChI is InChI=1S/C23H33F3N4O3/c1-5-6-11-19(31)30-13-12-29(14-16(30)4)21(32)20(15(2)3)28-22(33)27-18-10-8-7-9-17(18)23(24,25)26/h7-10,15-16,20H,5-6,11-14H2,1-4H3,(H2,27,28,33). The number of carbonyl (C=O) groups excluding carboxylic acids is 3. The van der Waals surface area contributed by atoms with E-state index in [-0.39, 0.29) is 29.5 Å². The largest absolute Gasteiger partial charge is 0.418 e. The number of rotatable bonds is 7. The molecule has 1 aromatic rings. The number of unbranched alkanes of at least 4 members (excludes halogenated alkanes) is 1. The average Bonchev–Trinajstić information content (AvgIpc) is 2.74. The fourth-order valence-corrected chi connectivity index (χ4v) is 3.85. The molecule has 0 aromatic heterocycles. The monoisotopic (exact) mass is 470 g/mol. The highest BCUT2D eigenvalue weighted by Gasteiger charge is 2.36. The topological polar surface area (TPSA) is 81.8 Å². The van der Waals surface area contributed by atoms with Crippen molar-refractivity contribution in [3.05, 3.63) is 29.8 Å². The number of nitrogens with zero attached hydrogens (tertiary/aromatic N) is 2. The van der Waals surface area contributed by atoms with Crippen molar-refractivity contribution in [3.8, 4) is 0 Å². The Labute approximate surface area is 192 Å². The molecule has 184 valence electrons. The minimum absolute atomic E-state index is 0.0673. The van der Waals surface area contributed by atoms with E-state index in [1.165, 1.54) is 12.1 Å². The van der Waals surface area contributed by atoms with Gasteiger partial charge in [0.1, 0.15) is 6.04 Å². The number of para-hydroxylation sites is 1. The molecule has 1 heterocycles. The van der Waals surface area contributed by atoms with Crippen LogP contribution in [-0.4, -0.2) is 59.4 Å². The van der Waals surface area contributed by atoms with E-state index in [0.29, 0.717) is 26.1 Å². The number of amides is 4. The van der Waals surface area contributed by atoms with Crippen molar-refractivity contribution in [2.24, 2.45) is 5.92 Å². The van der Waals surface area contributed by atoms with Gasteiger partial charge in [-0.3, -0.25) is 9.59 Å². The van der Waals surface area contributed by atoms with Crippen LogP contribution in [0.15, 0.2) is 24.3 Å². The van der Waals surface area contributed by atoms with E-state index in [1.807, 2.05) is 13.8 Å². The number of benzene rings is 1. The molecule has 1 fully saturated rings. The fraction of sp³-hybridized carbons (Fsp3) is 0.609. The molecule has 7 nitrogen and oxygen atoms in total. The van der Waals surface area contributed by atoms with E-state index in [2.05, 4.69) is 10.6 Å². The van der Waals surface area contributed by atoms with Gasteiger partial charge in [0.2, 0.25) is 11.8 Å². The maximum Gasteiger partial charge on any atom is 0.418 e. The van der Waals surface area contributed by atoms with Gasteiger partial charge < -0.3 is 20.4 Å². The molecular weight excluding hydrogens is 437 g/mol. The summed E-state index contributed by atoms with van der Waals surface area (Å²) in [6.07, 6.45) is -2.40. The van der Waals surface area contributed by atoms with E-state index in [1.54, 1.807) is 23.6 Å². The van der Waals surface area contributed by atoms with Crippen LogP contribution >= 0.6 is 0 Å². The molecule has 2 rings (SSSR count). The summed E-state index contributed by atoms with van der Waals surface area (Å²) >= 11 is 0. The van der Waals surface area contributed by atoms with E-state index >= 15 is 0 Å². The third-order valence-electron chi connectivity index (χ3n) is 5.70. The Bertz CT molecular complexity index is 844. The molecule has 1 aromatic carbocycles. The Balaban J connectivity index is 2.04. The molecule has 0 saturated carbocycles. The maximum atomic E-state index is 13.2. The Morgan fingerprint density at radius 3 is 2.39 bits per heavy atom. The van der Waals surface area contributed by atoms with E-state index in [9.17, 15) is 27.6 Å². The first-order valence-electron chi connectivity index (χ1n) is 11.3. The summed E-state index contributed by atoms with van der Waals surface area (Å²) in [7, 11) is 0. The van der Waals surface area contributed by atoms with Gasteiger partial charge in [-0.1, -0.05) is 39.3 Å². The van der Waals surface area contributed by atoms with Gasteiger partial charge in [0, 0.05) is 32.1 Å². The summed E-state index contributed by atoms with van der Waals surface area (Å²) in [6.45, 7) is 8.48. The van der Waals surface area contributed by atoms with Crippen LogP contribution in [0.2, 0.25) is 0 Å². The molecule has 2 unspecified atom stereocenters. The van der Waals surface area contributed by atoms with Crippen molar-refractivity contribution in [3.63, 3.8) is 0 Å². The number of anilines is 1. The van der Waals surface area contributed by atoms with Crippen molar-refractivity contribution in [2.75, 3.05) is 25.0 Å². The van der Waals surface area contributed by atoms with Gasteiger partial charge in [-0.2, -0.15) is 13.2 Å². The molecule has 1 saturated heterocycles. The lowest BCUT2D eigenvalue weighted by Crippen LogP contribution is -2.60. The van der Waals surface area contributed by atoms with Gasteiger partial charge in [0.15, 0.2) is 0 Å². The molecule has 0 aliphatic carbocycles. The third kappa shape index (κ3) is 7.10. The van der Waals surface area contributed by atoms with E-state index < -0.39 is 23.8 Å². The highest BCUT2D eigenvalue weighted by atomic mass is 19.4. The molecule has 0 spiro atoms. The number of hydrogen-bond acceptors (Lipinski definition) is 3. The Kier molecular flexibility index (Phi) is 9.13. The van der Waals surface area contributed by atoms with Crippen LogP contribution in [0, 0.1) is 5.92 Å². The van der Waals surface area contributed by atoms with Crippen LogP contribution in [0.3, 0.4) is 0 Å². The number of urea groups is 1. The van der Waals surface area contributed by atoms with Crippen LogP contribution in [0.1, 0.15) is 52.5 Å². The minimum atomic E-state index is -4.62. The highest BCUT2D eigenvalue weighted by Crippen LogP contribution is 2.34. The number of hydrogen-bond donors (Lipinski definition) is 2. The van der Waals surface area contributed by atoms with Gasteiger partial charge in [0.05, 0.1) is 11.3 Å². The summed E-state index contributed by atoms with van der Waals surface area (Å²) < 4.78 is 39.6. The zero-order valence-electron chi connectivity index (χ0n) is 19.5. The summed E-state index contributed by atoms with van der Waals surface area (Å²) in [5.41, 5.74) is -1.35. The highest BCUT2D eigenvalue weighted by molar-refractivity contribution is 5.94. The normalized spacial score (nSPS) is 17.6. The maximum absolute atomic E-state index is 13.2. The van der Waals surface area contributed by atoms with Crippen molar-refractivity contribution < 1.29 is 27.6 Å². The lowest BCUT2D eigenvalue weighted by molar-refractivity contribution is -0.144. The number of alkyl halides is 3. The smallest absolute Gasteiger partial charge is 0.337 e. The molecule has 4 amide bonds. The summed E-state index contributed by atoms with van der Waals surface area (Å²) in [4.78, 5) is 41.4. The predicted octanol–water partition coefficient (Wildman–Crippen LogP) is 4.10. The second-order valence-corrected chi connectivity index (χ2v) is 8.69. The minimum Gasteiger partial charge on any atom is -0.337 e. The Morgan fingerprint density at radius 2 is 1.82 bits per heavy atom. The second-order valence-electron chi connectivity index (χ2n) is 8.69. The quantitative estimate of drug-likeness (QED) is 0.630. The van der Waals surface area contributed by atoms with Crippen LogP contribution in [0.4, 0.5) is 23.7 Å². The molecule has 0 radical (unpaired) electrons. The third-order valence-corrected chi connectivity index (χ3v) is 5.70. The molecule has 33 heavy (non-hydrogen) atoms. The van der Waals surface area contributed by atoms with Gasteiger partial charge in [-0.05, 0) is 31.4 Å². The number of halogens is 3. The summed E-state index contributed by atoms with van der Waals surface area (Å²) in [5, 5.41) is 4.75. The second kappa shape index (κ2) is 11.4. The van der Waals surface area contributed by atoms with Crippen LogP contribution in [-0.2, 0) is 15.8 Å². The molecular formula is C23H33F3N4O3. The van der Waals surface area contributed by atoms with Crippen molar-refractivity contribution in [1.82, 2.24) is 15.1 Å². The van der Waals surface area contributed by atoms with Crippen LogP contribution < -0.4 is 10.6 Å². The number of nitrogens with one attached hydrogen (secondary N) is 2. The first-order chi connectivity index (χ1) is 15.5. The molecule has 2 N–H and O–H groups in total. The van der Waals surface area contributed by atoms with Crippen LogP contribution in [0.5, 0.6) is 0 Å². The lowest BCUT2D eigenvalue weighted by Gasteiger charge is -2.41. The van der Waals surface area contributed by atoms with Crippen molar-refractivity contribution >= 4 is 23.5 Å². The van der Waals surface area contributed by atoms with Gasteiger partial charge in [-0.25, -0.2) is 4.79 Å². The molecule has 0 bridgehead atoms. The summed E-state index contributed by atoms with van der Waals surface area (Å²) in [5.74, 6) is -0.546. The van der Waals surface area contributed by atoms with Crippen molar-refractivity contribution in [2.45, 2.75) is 65.2 Å². The zero-order valence-corrected chi connectivity index (χ0v) is 19.5. The molecule has 1 aliphatic rings. The lowest BCUT2D eigenvalue weighted by atomic mass is 10.0. The van der Waals surface area contributed by atoms with Gasteiger partial charge in [0.25, 0.3) is 0 Å². The number of piperazine rings is 1. The predicted molar refractivity (Wildman–Crippen MR) is 120 cm³/mol. The van der Waals surface area contributed by atoms with E-state index in [0.717, 1.165) is 25.0 Å². The number of carbonyl (C=O) groups is 3. The molecule has 2 atom stereocenters. The summed E-state index contributed by atoms with van der Waals surface area (Å²) in [6, 6.07) is 2.69. The fourth-order valence-electron chi connectivity index (χ4n) is 3.85. The van der Waals surface area contributed by atoms with Crippen LogP contribution in [0.25, 0.3) is 0 Å². The van der Waals surface area contributed by atoms with Gasteiger partial charge >= 0.3 is 12.2 Å². The zero-order chi connectivity index (χ0) is 24.8. The Hall–Kier alpha value is -2.78. The molecule has 10 heteroatoms. The first kappa shape index (κ1) is 26.5. The Morgan fingerprint density at radius 1 is 1.15 bits per heavy atom.